The van der Waals surface area contributed by atoms with Gasteiger partial charge in [0.2, 0.25) is 0 Å². The van der Waals surface area contributed by atoms with E-state index in [4.69, 9.17) is 5.73 Å². The molecule has 2 heteroatoms. The number of benzene rings is 1. The molecule has 1 saturated carbocycles. The van der Waals surface area contributed by atoms with Gasteiger partial charge in [-0.15, -0.1) is 0 Å². The van der Waals surface area contributed by atoms with E-state index in [0.717, 1.165) is 6.42 Å². The van der Waals surface area contributed by atoms with Crippen LogP contribution in [0.3, 0.4) is 0 Å². The van der Waals surface area contributed by atoms with E-state index in [1.807, 2.05) is 12.1 Å². The lowest BCUT2D eigenvalue weighted by Gasteiger charge is -2.42. The van der Waals surface area contributed by atoms with Gasteiger partial charge in [-0.3, -0.25) is 0 Å². The molecule has 2 unspecified atom stereocenters. The molecule has 0 aliphatic heterocycles. The minimum Gasteiger partial charge on any atom is -0.508 e. The van der Waals surface area contributed by atoms with Crippen LogP contribution in [0.25, 0.3) is 0 Å². The molecule has 2 atom stereocenters. The molecule has 2 rings (SSSR count). The van der Waals surface area contributed by atoms with Gasteiger partial charge in [-0.2, -0.15) is 0 Å². The number of nitrogens with two attached hydrogens (primary N) is 1. The highest BCUT2D eigenvalue weighted by molar-refractivity contribution is 5.34. The normalized spacial score (nSPS) is 30.2. The Kier molecular flexibility index (Phi) is 3.20. The van der Waals surface area contributed by atoms with Crippen molar-refractivity contribution in [1.29, 1.82) is 0 Å². The summed E-state index contributed by atoms with van der Waals surface area (Å²) < 4.78 is 0. The molecule has 3 N–H and O–H groups in total. The molecule has 0 bridgehead atoms. The topological polar surface area (TPSA) is 46.2 Å². The highest BCUT2D eigenvalue weighted by Gasteiger charge is 2.38. The van der Waals surface area contributed by atoms with Gasteiger partial charge in [-0.1, -0.05) is 31.9 Å². The van der Waals surface area contributed by atoms with Crippen molar-refractivity contribution in [3.8, 4) is 5.75 Å². The largest absolute Gasteiger partial charge is 0.508 e. The zero-order valence-electron chi connectivity index (χ0n) is 9.95. The highest BCUT2D eigenvalue weighted by Crippen LogP contribution is 2.43. The first-order valence-electron chi connectivity index (χ1n) is 6.18. The third kappa shape index (κ3) is 1.82. The van der Waals surface area contributed by atoms with Gasteiger partial charge in [-0.25, -0.2) is 0 Å². The molecule has 1 aliphatic rings. The average molecular weight is 219 g/mol. The van der Waals surface area contributed by atoms with E-state index in [-0.39, 0.29) is 5.41 Å². The highest BCUT2D eigenvalue weighted by atomic mass is 16.3. The van der Waals surface area contributed by atoms with Crippen molar-refractivity contribution < 1.29 is 5.11 Å². The summed E-state index contributed by atoms with van der Waals surface area (Å²) in [5, 5.41) is 9.60. The summed E-state index contributed by atoms with van der Waals surface area (Å²) >= 11 is 0. The Labute approximate surface area is 97.5 Å². The van der Waals surface area contributed by atoms with Gasteiger partial charge in [0.05, 0.1) is 0 Å². The smallest absolute Gasteiger partial charge is 0.115 e. The molecule has 0 saturated heterocycles. The Morgan fingerprint density at radius 1 is 1.44 bits per heavy atom. The molecule has 88 valence electrons. The zero-order chi connectivity index (χ0) is 11.6. The Morgan fingerprint density at radius 2 is 2.25 bits per heavy atom. The zero-order valence-corrected chi connectivity index (χ0v) is 9.95. The minimum absolute atomic E-state index is 0.0803. The second kappa shape index (κ2) is 4.46. The number of hydrogen-bond acceptors (Lipinski definition) is 2. The summed E-state index contributed by atoms with van der Waals surface area (Å²) in [5.74, 6) is 0.955. The molecule has 0 radical (unpaired) electrons. The van der Waals surface area contributed by atoms with Crippen molar-refractivity contribution in [3.05, 3.63) is 29.8 Å². The van der Waals surface area contributed by atoms with Crippen molar-refractivity contribution in [1.82, 2.24) is 0 Å². The fourth-order valence-electron chi connectivity index (χ4n) is 3.08. The Morgan fingerprint density at radius 3 is 2.88 bits per heavy atom. The maximum absolute atomic E-state index is 9.60. The monoisotopic (exact) mass is 219 g/mol. The van der Waals surface area contributed by atoms with Crippen LogP contribution in [0.2, 0.25) is 0 Å². The first kappa shape index (κ1) is 11.5. The maximum Gasteiger partial charge on any atom is 0.115 e. The number of aromatic hydroxyl groups is 1. The lowest BCUT2D eigenvalue weighted by atomic mass is 9.63. The van der Waals surface area contributed by atoms with Crippen LogP contribution in [0, 0.1) is 5.92 Å². The standard InChI is InChI=1S/C14H21NO/c1-11-5-2-3-8-14(11,10-15)12-6-4-7-13(16)9-12/h4,6-7,9,11,16H,2-3,5,8,10,15H2,1H3. The second-order valence-electron chi connectivity index (χ2n) is 5.06. The lowest BCUT2D eigenvalue weighted by Crippen LogP contribution is -2.43. The van der Waals surface area contributed by atoms with Crippen LogP contribution in [-0.4, -0.2) is 11.7 Å². The number of phenols is 1. The second-order valence-corrected chi connectivity index (χ2v) is 5.06. The molecule has 0 amide bonds. The van der Waals surface area contributed by atoms with E-state index in [1.54, 1.807) is 6.07 Å². The van der Waals surface area contributed by atoms with Crippen LogP contribution in [0.1, 0.15) is 38.2 Å². The molecule has 0 aromatic heterocycles. The molecule has 1 aromatic rings. The van der Waals surface area contributed by atoms with Crippen LogP contribution < -0.4 is 5.73 Å². The third-order valence-corrected chi connectivity index (χ3v) is 4.24. The first-order chi connectivity index (χ1) is 7.69. The van der Waals surface area contributed by atoms with E-state index >= 15 is 0 Å². The fraction of sp³-hybridized carbons (Fsp3) is 0.571. The Bertz CT molecular complexity index is 364. The molecule has 0 spiro atoms. The quantitative estimate of drug-likeness (QED) is 0.803. The molecule has 1 aromatic carbocycles. The molecular weight excluding hydrogens is 198 g/mol. The SMILES string of the molecule is CC1CCCCC1(CN)c1cccc(O)c1. The van der Waals surface area contributed by atoms with Crippen LogP contribution >= 0.6 is 0 Å². The average Bonchev–Trinajstić information content (AvgIpc) is 2.30. The maximum atomic E-state index is 9.60. The van der Waals surface area contributed by atoms with Crippen molar-refractivity contribution in [3.63, 3.8) is 0 Å². The lowest BCUT2D eigenvalue weighted by molar-refractivity contribution is 0.207. The van der Waals surface area contributed by atoms with Gasteiger partial charge in [0.25, 0.3) is 0 Å². The van der Waals surface area contributed by atoms with Gasteiger partial charge in [0, 0.05) is 12.0 Å². The molecule has 0 heterocycles. The van der Waals surface area contributed by atoms with Gasteiger partial charge in [0.1, 0.15) is 5.75 Å². The summed E-state index contributed by atoms with van der Waals surface area (Å²) in [6.07, 6.45) is 4.94. The van der Waals surface area contributed by atoms with Crippen LogP contribution in [0.5, 0.6) is 5.75 Å². The summed E-state index contributed by atoms with van der Waals surface area (Å²) in [7, 11) is 0. The predicted molar refractivity (Wildman–Crippen MR) is 66.5 cm³/mol. The molecule has 2 nitrogen and oxygen atoms in total. The summed E-state index contributed by atoms with van der Waals surface area (Å²) in [4.78, 5) is 0. The molecule has 1 fully saturated rings. The van der Waals surface area contributed by atoms with E-state index in [1.165, 1.54) is 24.8 Å². The van der Waals surface area contributed by atoms with E-state index in [9.17, 15) is 5.11 Å². The minimum atomic E-state index is 0.0803. The summed E-state index contributed by atoms with van der Waals surface area (Å²) in [5.41, 5.74) is 7.32. The van der Waals surface area contributed by atoms with Gasteiger partial charge in [0.15, 0.2) is 0 Å². The van der Waals surface area contributed by atoms with E-state index in [2.05, 4.69) is 13.0 Å². The summed E-state index contributed by atoms with van der Waals surface area (Å²) in [6, 6.07) is 7.63. The summed E-state index contributed by atoms with van der Waals surface area (Å²) in [6.45, 7) is 2.97. The fourth-order valence-corrected chi connectivity index (χ4v) is 3.08. The van der Waals surface area contributed by atoms with Crippen molar-refractivity contribution in [2.75, 3.05) is 6.54 Å². The van der Waals surface area contributed by atoms with Gasteiger partial charge in [-0.05, 0) is 36.5 Å². The van der Waals surface area contributed by atoms with Gasteiger partial charge < -0.3 is 10.8 Å². The predicted octanol–water partition coefficient (Wildman–Crippen LogP) is 2.80. The Balaban J connectivity index is 2.40. The number of rotatable bonds is 2. The molecule has 16 heavy (non-hydrogen) atoms. The van der Waals surface area contributed by atoms with Gasteiger partial charge >= 0.3 is 0 Å². The Hall–Kier alpha value is -1.02. The van der Waals surface area contributed by atoms with Crippen molar-refractivity contribution in [2.45, 2.75) is 38.0 Å². The number of hydrogen-bond donors (Lipinski definition) is 2. The molecule has 1 aliphatic carbocycles. The van der Waals surface area contributed by atoms with Crippen molar-refractivity contribution >= 4 is 0 Å². The van der Waals surface area contributed by atoms with Crippen LogP contribution in [0.15, 0.2) is 24.3 Å². The third-order valence-electron chi connectivity index (χ3n) is 4.24. The van der Waals surface area contributed by atoms with E-state index < -0.39 is 0 Å². The number of phenolic OH excluding ortho intramolecular Hbond substituents is 1. The first-order valence-corrected chi connectivity index (χ1v) is 6.18. The van der Waals surface area contributed by atoms with E-state index in [0.29, 0.717) is 18.2 Å². The van der Waals surface area contributed by atoms with Crippen molar-refractivity contribution in [2.24, 2.45) is 11.7 Å². The molecular formula is C14H21NO. The van der Waals surface area contributed by atoms with Crippen LogP contribution in [0.4, 0.5) is 0 Å². The van der Waals surface area contributed by atoms with Crippen LogP contribution in [-0.2, 0) is 5.41 Å².